The van der Waals surface area contributed by atoms with Crippen LogP contribution in [-0.2, 0) is 14.3 Å². The van der Waals surface area contributed by atoms with Crippen molar-refractivity contribution < 1.29 is 14.3 Å². The molecule has 0 atom stereocenters. The SMILES string of the molecule is N#Cc1cc(N)ccc1N1C(=O)COCC1=O. The van der Waals surface area contributed by atoms with Gasteiger partial charge in [0.2, 0.25) is 0 Å². The fourth-order valence-electron chi connectivity index (χ4n) is 1.60. The lowest BCUT2D eigenvalue weighted by atomic mass is 10.1. The first kappa shape index (κ1) is 11.1. The maximum absolute atomic E-state index is 11.6. The molecule has 0 aliphatic carbocycles. The van der Waals surface area contributed by atoms with E-state index in [1.54, 1.807) is 0 Å². The molecule has 0 bridgehead atoms. The zero-order valence-corrected chi connectivity index (χ0v) is 8.84. The summed E-state index contributed by atoms with van der Waals surface area (Å²) in [6.45, 7) is -0.331. The van der Waals surface area contributed by atoms with Crippen LogP contribution in [0.5, 0.6) is 0 Å². The summed E-state index contributed by atoms with van der Waals surface area (Å²) in [6.07, 6.45) is 0. The van der Waals surface area contributed by atoms with Crippen molar-refractivity contribution in [3.8, 4) is 6.07 Å². The van der Waals surface area contributed by atoms with Crippen LogP contribution in [-0.4, -0.2) is 25.0 Å². The summed E-state index contributed by atoms with van der Waals surface area (Å²) in [5.41, 5.74) is 6.38. The molecule has 2 amide bonds. The second-order valence-corrected chi connectivity index (χ2v) is 3.50. The number of carbonyl (C=O) groups excluding carboxylic acids is 2. The van der Waals surface area contributed by atoms with Crippen LogP contribution in [0.4, 0.5) is 11.4 Å². The zero-order chi connectivity index (χ0) is 12.4. The highest BCUT2D eigenvalue weighted by Gasteiger charge is 2.29. The number of rotatable bonds is 1. The summed E-state index contributed by atoms with van der Waals surface area (Å²) in [5.74, 6) is -0.968. The highest BCUT2D eigenvalue weighted by Crippen LogP contribution is 2.24. The van der Waals surface area contributed by atoms with E-state index in [-0.39, 0.29) is 24.5 Å². The summed E-state index contributed by atoms with van der Waals surface area (Å²) < 4.78 is 4.79. The van der Waals surface area contributed by atoms with Gasteiger partial charge in [0.25, 0.3) is 11.8 Å². The second kappa shape index (κ2) is 4.23. The van der Waals surface area contributed by atoms with Gasteiger partial charge in [-0.05, 0) is 18.2 Å². The smallest absolute Gasteiger partial charge is 0.259 e. The molecule has 17 heavy (non-hydrogen) atoms. The average Bonchev–Trinajstić information content (AvgIpc) is 2.30. The third-order valence-electron chi connectivity index (χ3n) is 2.33. The summed E-state index contributed by atoms with van der Waals surface area (Å²) >= 11 is 0. The van der Waals surface area contributed by atoms with Crippen molar-refractivity contribution in [1.82, 2.24) is 0 Å². The standard InChI is InChI=1S/C11H9N3O3/c12-4-7-3-8(13)1-2-9(7)14-10(15)5-17-6-11(14)16/h1-3H,5-6,13H2. The number of nitrogen functional groups attached to an aromatic ring is 1. The number of anilines is 2. The molecular weight excluding hydrogens is 222 g/mol. The van der Waals surface area contributed by atoms with E-state index < -0.39 is 11.8 Å². The Balaban J connectivity index is 2.49. The normalized spacial score (nSPS) is 15.8. The van der Waals surface area contributed by atoms with Crippen molar-refractivity contribution in [2.75, 3.05) is 23.8 Å². The minimum atomic E-state index is -0.484. The maximum atomic E-state index is 11.6. The molecule has 1 fully saturated rings. The van der Waals surface area contributed by atoms with Crippen LogP contribution in [0.2, 0.25) is 0 Å². The summed E-state index contributed by atoms with van der Waals surface area (Å²) in [5, 5.41) is 8.96. The number of benzene rings is 1. The van der Waals surface area contributed by atoms with E-state index in [0.29, 0.717) is 5.69 Å². The number of nitrogens with zero attached hydrogens (tertiary/aromatic N) is 2. The van der Waals surface area contributed by atoms with Gasteiger partial charge < -0.3 is 10.5 Å². The molecule has 1 aromatic rings. The predicted octanol–water partition coefficient (Wildman–Crippen LogP) is 0.0303. The molecule has 6 heteroatoms. The number of nitrogens with two attached hydrogens (primary N) is 1. The first-order chi connectivity index (χ1) is 8.13. The largest absolute Gasteiger partial charge is 0.399 e. The van der Waals surface area contributed by atoms with E-state index in [2.05, 4.69) is 0 Å². The molecular formula is C11H9N3O3. The van der Waals surface area contributed by atoms with E-state index >= 15 is 0 Å². The van der Waals surface area contributed by atoms with Crippen LogP contribution >= 0.6 is 0 Å². The molecule has 2 N–H and O–H groups in total. The Bertz CT molecular complexity index is 517. The Labute approximate surface area is 97.2 Å². The van der Waals surface area contributed by atoms with Crippen molar-refractivity contribution >= 4 is 23.2 Å². The lowest BCUT2D eigenvalue weighted by Gasteiger charge is -2.25. The number of carbonyl (C=O) groups is 2. The molecule has 2 rings (SSSR count). The molecule has 1 saturated heterocycles. The second-order valence-electron chi connectivity index (χ2n) is 3.50. The van der Waals surface area contributed by atoms with E-state index in [1.807, 2.05) is 6.07 Å². The summed E-state index contributed by atoms with van der Waals surface area (Å²) in [6, 6.07) is 6.34. The van der Waals surface area contributed by atoms with Crippen LogP contribution in [0, 0.1) is 11.3 Å². The molecule has 1 aliphatic heterocycles. The van der Waals surface area contributed by atoms with Gasteiger partial charge in [0.15, 0.2) is 0 Å². The molecule has 86 valence electrons. The predicted molar refractivity (Wildman–Crippen MR) is 58.9 cm³/mol. The lowest BCUT2D eigenvalue weighted by Crippen LogP contribution is -2.46. The van der Waals surface area contributed by atoms with Gasteiger partial charge in [0.1, 0.15) is 19.3 Å². The fourth-order valence-corrected chi connectivity index (χ4v) is 1.60. The minimum Gasteiger partial charge on any atom is -0.399 e. The van der Waals surface area contributed by atoms with Gasteiger partial charge in [-0.1, -0.05) is 0 Å². The number of hydrogen-bond acceptors (Lipinski definition) is 5. The molecule has 0 aromatic heterocycles. The lowest BCUT2D eigenvalue weighted by molar-refractivity contribution is -0.138. The highest BCUT2D eigenvalue weighted by atomic mass is 16.5. The van der Waals surface area contributed by atoms with Crippen molar-refractivity contribution in [3.05, 3.63) is 23.8 Å². The summed E-state index contributed by atoms with van der Waals surface area (Å²) in [7, 11) is 0. The van der Waals surface area contributed by atoms with Gasteiger partial charge in [-0.2, -0.15) is 5.26 Å². The number of ether oxygens (including phenoxy) is 1. The Kier molecular flexibility index (Phi) is 2.77. The van der Waals surface area contributed by atoms with Crippen molar-refractivity contribution in [1.29, 1.82) is 5.26 Å². The Hall–Kier alpha value is -2.39. The van der Waals surface area contributed by atoms with E-state index in [4.69, 9.17) is 15.7 Å². The van der Waals surface area contributed by atoms with Crippen molar-refractivity contribution in [3.63, 3.8) is 0 Å². The Morgan fingerprint density at radius 3 is 2.53 bits per heavy atom. The molecule has 1 heterocycles. The quantitative estimate of drug-likeness (QED) is 0.543. The van der Waals surface area contributed by atoms with E-state index in [1.165, 1.54) is 18.2 Å². The van der Waals surface area contributed by atoms with Crippen LogP contribution in [0.3, 0.4) is 0 Å². The molecule has 0 saturated carbocycles. The first-order valence-electron chi connectivity index (χ1n) is 4.86. The van der Waals surface area contributed by atoms with Crippen LogP contribution in [0.1, 0.15) is 5.56 Å². The fraction of sp³-hybridized carbons (Fsp3) is 0.182. The third kappa shape index (κ3) is 1.96. The molecule has 0 radical (unpaired) electrons. The number of amides is 2. The van der Waals surface area contributed by atoms with E-state index in [9.17, 15) is 9.59 Å². The summed E-state index contributed by atoms with van der Waals surface area (Å²) in [4.78, 5) is 24.2. The zero-order valence-electron chi connectivity index (χ0n) is 8.84. The molecule has 1 aliphatic rings. The topological polar surface area (TPSA) is 96.4 Å². The van der Waals surface area contributed by atoms with E-state index in [0.717, 1.165) is 4.90 Å². The first-order valence-corrected chi connectivity index (χ1v) is 4.86. The minimum absolute atomic E-state index is 0.166. The van der Waals surface area contributed by atoms with Gasteiger partial charge in [-0.3, -0.25) is 9.59 Å². The van der Waals surface area contributed by atoms with Gasteiger partial charge >= 0.3 is 0 Å². The number of imide groups is 1. The Morgan fingerprint density at radius 2 is 1.94 bits per heavy atom. The van der Waals surface area contributed by atoms with Gasteiger partial charge in [-0.15, -0.1) is 0 Å². The van der Waals surface area contributed by atoms with Crippen molar-refractivity contribution in [2.45, 2.75) is 0 Å². The Morgan fingerprint density at radius 1 is 1.29 bits per heavy atom. The average molecular weight is 231 g/mol. The number of morpholine rings is 1. The van der Waals surface area contributed by atoms with Gasteiger partial charge in [-0.25, -0.2) is 4.90 Å². The molecule has 6 nitrogen and oxygen atoms in total. The third-order valence-corrected chi connectivity index (χ3v) is 2.33. The van der Waals surface area contributed by atoms with Crippen LogP contribution in [0.25, 0.3) is 0 Å². The van der Waals surface area contributed by atoms with Gasteiger partial charge in [0.05, 0.1) is 11.3 Å². The van der Waals surface area contributed by atoms with Crippen LogP contribution < -0.4 is 10.6 Å². The number of nitriles is 1. The highest BCUT2D eigenvalue weighted by molar-refractivity contribution is 6.17. The van der Waals surface area contributed by atoms with Crippen LogP contribution in [0.15, 0.2) is 18.2 Å². The van der Waals surface area contributed by atoms with Crippen molar-refractivity contribution in [2.24, 2.45) is 0 Å². The monoisotopic (exact) mass is 231 g/mol. The van der Waals surface area contributed by atoms with Gasteiger partial charge in [0, 0.05) is 5.69 Å². The molecule has 0 spiro atoms. The number of hydrogen-bond donors (Lipinski definition) is 1. The molecule has 1 aromatic carbocycles. The molecule has 0 unspecified atom stereocenters. The maximum Gasteiger partial charge on any atom is 0.259 e.